The molecule has 1 saturated carbocycles. The summed E-state index contributed by atoms with van der Waals surface area (Å²) >= 11 is 0. The van der Waals surface area contributed by atoms with E-state index in [4.69, 9.17) is 24.7 Å². The van der Waals surface area contributed by atoms with Crippen molar-refractivity contribution in [2.24, 2.45) is 11.1 Å². The minimum Gasteiger partial charge on any atom is -0.442 e. The van der Waals surface area contributed by atoms with E-state index in [0.717, 1.165) is 18.4 Å². The molecule has 8 heteroatoms. The van der Waals surface area contributed by atoms with E-state index in [1.54, 1.807) is 6.92 Å². The molecule has 0 aromatic rings. The van der Waals surface area contributed by atoms with Gasteiger partial charge in [0.05, 0.1) is 31.0 Å². The highest BCUT2D eigenvalue weighted by Crippen LogP contribution is 2.58. The number of hydrogen-bond donors (Lipinski definition) is 2. The third-order valence-electron chi connectivity index (χ3n) is 6.20. The normalized spacial score (nSPS) is 29.8. The molecule has 3 N–H and O–H groups in total. The van der Waals surface area contributed by atoms with Crippen LogP contribution < -0.4 is 11.1 Å². The zero-order valence-electron chi connectivity index (χ0n) is 20.2. The van der Waals surface area contributed by atoms with E-state index >= 15 is 0 Å². The third-order valence-corrected chi connectivity index (χ3v) is 6.20. The van der Waals surface area contributed by atoms with Crippen LogP contribution in [0, 0.1) is 5.41 Å². The quantitative estimate of drug-likeness (QED) is 0.422. The van der Waals surface area contributed by atoms with Crippen molar-refractivity contribution in [1.29, 1.82) is 0 Å². The molecule has 3 rings (SSSR count). The Bertz CT molecular complexity index is 785. The fraction of sp³-hybridized carbons (Fsp3) is 0.680. The van der Waals surface area contributed by atoms with Crippen molar-refractivity contribution < 1.29 is 28.5 Å². The minimum atomic E-state index is -0.884. The Morgan fingerprint density at radius 3 is 2.55 bits per heavy atom. The lowest BCUT2D eigenvalue weighted by molar-refractivity contribution is -0.187. The first-order valence-corrected chi connectivity index (χ1v) is 11.7. The number of nitrogens with two attached hydrogens (primary N) is 1. The maximum absolute atomic E-state index is 12.0. The molecule has 8 nitrogen and oxygen atoms in total. The topological polar surface area (TPSA) is 109 Å². The summed E-state index contributed by atoms with van der Waals surface area (Å²) in [7, 11) is 0. The zero-order valence-corrected chi connectivity index (χ0v) is 20.2. The summed E-state index contributed by atoms with van der Waals surface area (Å²) in [4.78, 5) is 22.7. The van der Waals surface area contributed by atoms with Crippen LogP contribution in [0.5, 0.6) is 0 Å². The van der Waals surface area contributed by atoms with Crippen LogP contribution in [0.3, 0.4) is 0 Å². The number of rotatable bonds is 8. The summed E-state index contributed by atoms with van der Waals surface area (Å²) in [6, 6.07) is -0.239. The number of amides is 2. The van der Waals surface area contributed by atoms with Crippen molar-refractivity contribution in [3.8, 4) is 0 Å². The lowest BCUT2D eigenvalue weighted by atomic mass is 9.82. The van der Waals surface area contributed by atoms with Crippen LogP contribution in [0.4, 0.5) is 4.79 Å². The smallest absolute Gasteiger partial charge is 0.405 e. The van der Waals surface area contributed by atoms with Gasteiger partial charge in [0.15, 0.2) is 6.29 Å². The van der Waals surface area contributed by atoms with E-state index in [1.807, 2.05) is 0 Å². The van der Waals surface area contributed by atoms with Gasteiger partial charge in [-0.25, -0.2) is 4.79 Å². The SMILES string of the molecule is CC(/C=C/[C@@H]1CC2(CC2)CC(C)(C)O1)=C\C[C@H]1OC[C@@H](NC(=O)/C=C\[C@H](C)OC(N)=O)CO1. The fourth-order valence-corrected chi connectivity index (χ4v) is 4.63. The molecule has 2 saturated heterocycles. The number of carbonyl (C=O) groups is 2. The first-order chi connectivity index (χ1) is 15.5. The highest BCUT2D eigenvalue weighted by atomic mass is 16.7. The lowest BCUT2D eigenvalue weighted by Crippen LogP contribution is -2.46. The van der Waals surface area contributed by atoms with Crippen LogP contribution in [0.1, 0.15) is 59.8 Å². The number of ether oxygens (including phenoxy) is 4. The molecule has 184 valence electrons. The molecule has 0 aromatic heterocycles. The van der Waals surface area contributed by atoms with Crippen LogP contribution >= 0.6 is 0 Å². The number of allylic oxidation sites excluding steroid dienone is 2. The molecule has 1 aliphatic carbocycles. The Labute approximate surface area is 196 Å². The van der Waals surface area contributed by atoms with E-state index in [-0.39, 0.29) is 29.9 Å². The second-order valence-electron chi connectivity index (χ2n) is 10.1. The highest BCUT2D eigenvalue weighted by Gasteiger charge is 2.51. The molecule has 33 heavy (non-hydrogen) atoms. The fourth-order valence-electron chi connectivity index (χ4n) is 4.63. The number of hydrogen-bond acceptors (Lipinski definition) is 6. The molecule has 0 radical (unpaired) electrons. The van der Waals surface area contributed by atoms with Gasteiger partial charge >= 0.3 is 6.09 Å². The number of nitrogens with one attached hydrogen (secondary N) is 1. The Kier molecular flexibility index (Phi) is 8.37. The van der Waals surface area contributed by atoms with E-state index in [2.05, 4.69) is 44.3 Å². The molecule has 0 bridgehead atoms. The van der Waals surface area contributed by atoms with Gasteiger partial charge in [0.2, 0.25) is 5.91 Å². The van der Waals surface area contributed by atoms with Crippen LogP contribution in [0.2, 0.25) is 0 Å². The first-order valence-electron chi connectivity index (χ1n) is 11.7. The first kappa shape index (κ1) is 25.5. The van der Waals surface area contributed by atoms with Gasteiger partial charge < -0.3 is 30.0 Å². The summed E-state index contributed by atoms with van der Waals surface area (Å²) in [5.41, 5.74) is 6.54. The molecule has 2 atom stereocenters. The molecule has 2 heterocycles. The molecular formula is C25H38N2O6. The highest BCUT2D eigenvalue weighted by molar-refractivity contribution is 5.87. The summed E-state index contributed by atoms with van der Waals surface area (Å²) in [5.74, 6) is -0.312. The Morgan fingerprint density at radius 1 is 1.21 bits per heavy atom. The van der Waals surface area contributed by atoms with Crippen molar-refractivity contribution in [1.82, 2.24) is 5.32 Å². The Morgan fingerprint density at radius 2 is 1.91 bits per heavy atom. The molecule has 0 aromatic carbocycles. The van der Waals surface area contributed by atoms with Crippen LogP contribution in [0.25, 0.3) is 0 Å². The third kappa shape index (κ3) is 8.61. The van der Waals surface area contributed by atoms with Gasteiger partial charge in [-0.15, -0.1) is 0 Å². The standard InChI is InChI=1S/C25H38N2O6/c1-17(5-8-20-13-25(11-12-25)16-24(3,4)33-20)6-10-22-30-14-19(15-31-22)27-21(28)9-7-18(2)32-23(26)29/h5-9,18-20,22H,10-16H2,1-4H3,(H2,26,29)(H,27,28)/b8-5+,9-7-,17-6+/t18-,19-,20+,22+/m0/s1. The van der Waals surface area contributed by atoms with Gasteiger partial charge in [-0.2, -0.15) is 0 Å². The van der Waals surface area contributed by atoms with Crippen molar-refractivity contribution in [3.05, 3.63) is 36.0 Å². The van der Waals surface area contributed by atoms with Gasteiger partial charge in [0, 0.05) is 12.5 Å². The second kappa shape index (κ2) is 10.8. The summed E-state index contributed by atoms with van der Waals surface area (Å²) in [5, 5.41) is 2.80. The van der Waals surface area contributed by atoms with E-state index in [1.165, 1.54) is 25.0 Å². The van der Waals surface area contributed by atoms with Crippen molar-refractivity contribution >= 4 is 12.0 Å². The van der Waals surface area contributed by atoms with Crippen LogP contribution in [0.15, 0.2) is 36.0 Å². The largest absolute Gasteiger partial charge is 0.442 e. The summed E-state index contributed by atoms with van der Waals surface area (Å²) < 4.78 is 22.5. The van der Waals surface area contributed by atoms with Gasteiger partial charge in [-0.3, -0.25) is 4.79 Å². The van der Waals surface area contributed by atoms with E-state index in [9.17, 15) is 9.59 Å². The predicted molar refractivity (Wildman–Crippen MR) is 124 cm³/mol. The number of carbonyl (C=O) groups excluding carboxylic acids is 2. The average Bonchev–Trinajstić information content (AvgIpc) is 3.46. The average molecular weight is 463 g/mol. The zero-order chi connectivity index (χ0) is 24.1. The van der Waals surface area contributed by atoms with Gasteiger partial charge in [-0.05, 0) is 64.9 Å². The molecule has 3 fully saturated rings. The van der Waals surface area contributed by atoms with E-state index in [0.29, 0.717) is 25.0 Å². The lowest BCUT2D eigenvalue weighted by Gasteiger charge is -2.40. The maximum Gasteiger partial charge on any atom is 0.405 e. The van der Waals surface area contributed by atoms with E-state index < -0.39 is 12.2 Å². The van der Waals surface area contributed by atoms with Crippen LogP contribution in [-0.2, 0) is 23.7 Å². The molecule has 2 aliphatic heterocycles. The van der Waals surface area contributed by atoms with Gasteiger partial charge in [0.25, 0.3) is 0 Å². The van der Waals surface area contributed by atoms with Crippen molar-refractivity contribution in [3.63, 3.8) is 0 Å². The maximum atomic E-state index is 12.0. The molecule has 1 spiro atoms. The van der Waals surface area contributed by atoms with Crippen LogP contribution in [-0.4, -0.2) is 55.4 Å². The Balaban J connectivity index is 1.36. The predicted octanol–water partition coefficient (Wildman–Crippen LogP) is 3.51. The van der Waals surface area contributed by atoms with Gasteiger partial charge in [-0.1, -0.05) is 23.8 Å². The van der Waals surface area contributed by atoms with Crippen molar-refractivity contribution in [2.45, 2.75) is 89.9 Å². The summed E-state index contributed by atoms with van der Waals surface area (Å²) in [6.07, 6.45) is 13.1. The molecule has 0 unspecified atom stereocenters. The summed E-state index contributed by atoms with van der Waals surface area (Å²) in [6.45, 7) is 8.80. The monoisotopic (exact) mass is 462 g/mol. The minimum absolute atomic E-state index is 0.0531. The molecular weight excluding hydrogens is 424 g/mol. The second-order valence-corrected chi connectivity index (χ2v) is 10.1. The van der Waals surface area contributed by atoms with Gasteiger partial charge in [0.1, 0.15) is 6.10 Å². The number of primary amides is 1. The molecule has 2 amide bonds. The Hall–Kier alpha value is -2.16. The van der Waals surface area contributed by atoms with Crippen molar-refractivity contribution in [2.75, 3.05) is 13.2 Å². The molecule has 3 aliphatic rings.